The number of benzene rings is 1. The monoisotopic (exact) mass is 508 g/mol. The number of aromatic hydroxyl groups is 1. The molecule has 1 N–H and O–H groups in total. The average Bonchev–Trinajstić information content (AvgIpc) is 3.43. The van der Waals surface area contributed by atoms with Crippen LogP contribution in [-0.4, -0.2) is 66.0 Å². The molecule has 4 heterocycles. The number of amides is 1. The van der Waals surface area contributed by atoms with E-state index >= 15 is 0 Å². The first-order valence-electron chi connectivity index (χ1n) is 11.8. The van der Waals surface area contributed by atoms with Crippen LogP contribution in [0.15, 0.2) is 42.7 Å². The largest absolute Gasteiger partial charge is 0.508 e. The molecule has 2 aliphatic heterocycles. The average molecular weight is 509 g/mol. The predicted molar refractivity (Wildman–Crippen MR) is 135 cm³/mol. The third-order valence-corrected chi connectivity index (χ3v) is 8.24. The lowest BCUT2D eigenvalue weighted by atomic mass is 10.0. The van der Waals surface area contributed by atoms with Crippen molar-refractivity contribution in [2.75, 3.05) is 31.7 Å². The molecule has 0 saturated carbocycles. The van der Waals surface area contributed by atoms with Crippen molar-refractivity contribution in [1.29, 1.82) is 5.26 Å². The molecule has 3 aromatic rings. The maximum absolute atomic E-state index is 11.9. The molecule has 2 aliphatic rings. The van der Waals surface area contributed by atoms with Crippen LogP contribution in [-0.2, 0) is 14.6 Å². The van der Waals surface area contributed by atoms with E-state index in [1.54, 1.807) is 36.7 Å². The Morgan fingerprint density at radius 1 is 1.14 bits per heavy atom. The van der Waals surface area contributed by atoms with Gasteiger partial charge < -0.3 is 14.7 Å². The van der Waals surface area contributed by atoms with Gasteiger partial charge in [0.1, 0.15) is 27.2 Å². The smallest absolute Gasteiger partial charge is 0.231 e. The summed E-state index contributed by atoms with van der Waals surface area (Å²) in [7, 11) is -1.37. The SMILES string of the molecule is COc1ncc(-c2ccnc3ccc(O)cc23)cc1C#N.O=C(C1CCS(=O)(=O)CC1)N1CCCC1. The number of pyridine rings is 2. The number of rotatable bonds is 3. The molecule has 0 spiro atoms. The Morgan fingerprint density at radius 2 is 1.86 bits per heavy atom. The highest BCUT2D eigenvalue weighted by atomic mass is 32.2. The molecule has 0 radical (unpaired) electrons. The van der Waals surface area contributed by atoms with E-state index in [0.717, 1.165) is 48.0 Å². The molecule has 2 fully saturated rings. The van der Waals surface area contributed by atoms with Crippen LogP contribution >= 0.6 is 0 Å². The molecule has 0 atom stereocenters. The zero-order valence-electron chi connectivity index (χ0n) is 20.1. The number of methoxy groups -OCH3 is 1. The van der Waals surface area contributed by atoms with Crippen LogP contribution in [0.2, 0.25) is 0 Å². The first-order valence-corrected chi connectivity index (χ1v) is 13.6. The molecular formula is C26H28N4O5S. The fourth-order valence-electron chi connectivity index (χ4n) is 4.56. The number of phenolic OH excluding ortho intramolecular Hbond substituents is 1. The maximum atomic E-state index is 11.9. The molecule has 1 amide bonds. The van der Waals surface area contributed by atoms with E-state index in [9.17, 15) is 18.3 Å². The van der Waals surface area contributed by atoms with Gasteiger partial charge in [0.05, 0.1) is 24.1 Å². The minimum Gasteiger partial charge on any atom is -0.508 e. The second kappa shape index (κ2) is 10.9. The molecule has 36 heavy (non-hydrogen) atoms. The molecule has 0 aliphatic carbocycles. The molecule has 9 nitrogen and oxygen atoms in total. The predicted octanol–water partition coefficient (Wildman–Crippen LogP) is 3.32. The number of fused-ring (bicyclic) bond motifs is 1. The number of hydrogen-bond donors (Lipinski definition) is 1. The van der Waals surface area contributed by atoms with Crippen LogP contribution in [0.1, 0.15) is 31.2 Å². The lowest BCUT2D eigenvalue weighted by molar-refractivity contribution is -0.134. The number of sulfone groups is 1. The lowest BCUT2D eigenvalue weighted by Gasteiger charge is -2.25. The highest BCUT2D eigenvalue weighted by Gasteiger charge is 2.32. The Morgan fingerprint density at radius 3 is 2.53 bits per heavy atom. The maximum Gasteiger partial charge on any atom is 0.231 e. The first-order chi connectivity index (χ1) is 17.3. The third-order valence-electron chi connectivity index (χ3n) is 6.52. The van der Waals surface area contributed by atoms with Crippen molar-refractivity contribution in [3.63, 3.8) is 0 Å². The summed E-state index contributed by atoms with van der Waals surface area (Å²) in [5.74, 6) is 0.990. The Kier molecular flexibility index (Phi) is 7.70. The fourth-order valence-corrected chi connectivity index (χ4v) is 6.05. The van der Waals surface area contributed by atoms with Crippen LogP contribution < -0.4 is 4.74 Å². The highest BCUT2D eigenvalue weighted by molar-refractivity contribution is 7.91. The van der Waals surface area contributed by atoms with E-state index in [4.69, 9.17) is 10.00 Å². The molecule has 0 bridgehead atoms. The number of nitrogens with zero attached hydrogens (tertiary/aromatic N) is 4. The molecule has 10 heteroatoms. The minimum atomic E-state index is -2.84. The summed E-state index contributed by atoms with van der Waals surface area (Å²) in [5, 5.41) is 19.6. The van der Waals surface area contributed by atoms with Crippen molar-refractivity contribution in [2.45, 2.75) is 25.7 Å². The van der Waals surface area contributed by atoms with Gasteiger partial charge in [-0.3, -0.25) is 9.78 Å². The van der Waals surface area contributed by atoms with Gasteiger partial charge in [-0.2, -0.15) is 5.26 Å². The van der Waals surface area contributed by atoms with Gasteiger partial charge in [0.25, 0.3) is 0 Å². The molecular weight excluding hydrogens is 480 g/mol. The first kappa shape index (κ1) is 25.4. The number of ether oxygens (including phenoxy) is 1. The Hall–Kier alpha value is -3.71. The van der Waals surface area contributed by atoms with E-state index in [0.29, 0.717) is 24.3 Å². The second-order valence-corrected chi connectivity index (χ2v) is 11.2. The quantitative estimate of drug-likeness (QED) is 0.570. The summed E-state index contributed by atoms with van der Waals surface area (Å²) in [6, 6.07) is 10.6. The molecule has 0 unspecified atom stereocenters. The Bertz CT molecular complexity index is 1400. The highest BCUT2D eigenvalue weighted by Crippen LogP contribution is 2.31. The summed E-state index contributed by atoms with van der Waals surface area (Å²) in [4.78, 5) is 22.2. The van der Waals surface area contributed by atoms with Gasteiger partial charge in [-0.05, 0) is 61.6 Å². The minimum absolute atomic E-state index is 0.0355. The number of phenols is 1. The van der Waals surface area contributed by atoms with Gasteiger partial charge in [0, 0.05) is 42.4 Å². The number of nitriles is 1. The topological polar surface area (TPSA) is 133 Å². The lowest BCUT2D eigenvalue weighted by Crippen LogP contribution is -2.38. The van der Waals surface area contributed by atoms with Crippen LogP contribution in [0.4, 0.5) is 0 Å². The van der Waals surface area contributed by atoms with E-state index in [1.807, 2.05) is 11.0 Å². The standard InChI is InChI=1S/C16H11N3O2.C10H17NO3S/c1-21-16-10(8-17)6-11(9-19-16)13-4-5-18-15-3-2-12(20)7-14(13)15;12-10(11-5-1-2-6-11)9-3-7-15(13,14)8-4-9/h2-7,9,20H,1H3;9H,1-8H2. The van der Waals surface area contributed by atoms with Gasteiger partial charge in [-0.1, -0.05) is 0 Å². The normalized spacial score (nSPS) is 17.2. The van der Waals surface area contributed by atoms with Crippen molar-refractivity contribution in [3.05, 3.63) is 48.3 Å². The Balaban J connectivity index is 0.000000179. The number of aromatic nitrogens is 2. The molecule has 1 aromatic carbocycles. The van der Waals surface area contributed by atoms with Gasteiger partial charge >= 0.3 is 0 Å². The van der Waals surface area contributed by atoms with Crippen molar-refractivity contribution in [3.8, 4) is 28.8 Å². The molecule has 5 rings (SSSR count). The number of likely N-dealkylation sites (tertiary alicyclic amines) is 1. The summed E-state index contributed by atoms with van der Waals surface area (Å²) in [5.41, 5.74) is 2.74. The van der Waals surface area contributed by atoms with Crippen molar-refractivity contribution in [2.24, 2.45) is 5.92 Å². The van der Waals surface area contributed by atoms with Crippen molar-refractivity contribution < 1.29 is 23.1 Å². The zero-order valence-corrected chi connectivity index (χ0v) is 20.9. The van der Waals surface area contributed by atoms with Gasteiger partial charge in [-0.25, -0.2) is 13.4 Å². The van der Waals surface area contributed by atoms with E-state index in [1.165, 1.54) is 7.11 Å². The Labute approximate surface area is 210 Å². The van der Waals surface area contributed by atoms with E-state index in [2.05, 4.69) is 16.0 Å². The summed E-state index contributed by atoms with van der Waals surface area (Å²) in [6.07, 6.45) is 6.56. The number of carbonyl (C=O) groups excluding carboxylic acids is 1. The van der Waals surface area contributed by atoms with Crippen LogP contribution in [0.3, 0.4) is 0 Å². The van der Waals surface area contributed by atoms with Gasteiger partial charge in [0.2, 0.25) is 11.8 Å². The van der Waals surface area contributed by atoms with E-state index < -0.39 is 9.84 Å². The molecule has 2 aromatic heterocycles. The summed E-state index contributed by atoms with van der Waals surface area (Å²) in [6.45, 7) is 1.73. The third kappa shape index (κ3) is 5.74. The molecule has 188 valence electrons. The summed E-state index contributed by atoms with van der Waals surface area (Å²) < 4.78 is 27.5. The van der Waals surface area contributed by atoms with Crippen LogP contribution in [0, 0.1) is 17.2 Å². The van der Waals surface area contributed by atoms with Crippen molar-refractivity contribution in [1.82, 2.24) is 14.9 Å². The van der Waals surface area contributed by atoms with Crippen molar-refractivity contribution >= 4 is 26.6 Å². The summed E-state index contributed by atoms with van der Waals surface area (Å²) >= 11 is 0. The van der Waals surface area contributed by atoms with Crippen LogP contribution in [0.5, 0.6) is 11.6 Å². The number of hydrogen-bond acceptors (Lipinski definition) is 8. The van der Waals surface area contributed by atoms with Crippen LogP contribution in [0.25, 0.3) is 22.0 Å². The molecule has 2 saturated heterocycles. The zero-order chi connectivity index (χ0) is 25.7. The fraction of sp³-hybridized carbons (Fsp3) is 0.385. The van der Waals surface area contributed by atoms with Gasteiger partial charge in [0.15, 0.2) is 0 Å². The van der Waals surface area contributed by atoms with Gasteiger partial charge in [-0.15, -0.1) is 0 Å². The number of carbonyl (C=O) groups is 1. The second-order valence-electron chi connectivity index (χ2n) is 8.91. The van der Waals surface area contributed by atoms with E-state index in [-0.39, 0.29) is 29.1 Å².